The minimum atomic E-state index is 1.07. The van der Waals surface area contributed by atoms with Crippen molar-refractivity contribution in [2.24, 2.45) is 0 Å². The van der Waals surface area contributed by atoms with Crippen molar-refractivity contribution >= 4 is 0 Å². The highest BCUT2D eigenvalue weighted by Gasteiger charge is 1.87. The summed E-state index contributed by atoms with van der Waals surface area (Å²) in [5.41, 5.74) is 0. The predicted molar refractivity (Wildman–Crippen MR) is 60.5 cm³/mol. The molecular weight excluding hydrogens is 156 g/mol. The fourth-order valence-electron chi connectivity index (χ4n) is 1.25. The van der Waals surface area contributed by atoms with Gasteiger partial charge in [0.2, 0.25) is 0 Å². The van der Waals surface area contributed by atoms with Crippen molar-refractivity contribution in [1.29, 1.82) is 0 Å². The van der Waals surface area contributed by atoms with Crippen LogP contribution in [-0.4, -0.2) is 0 Å². The maximum absolute atomic E-state index is 5.28. The third-order valence-electron chi connectivity index (χ3n) is 2.01. The standard InChI is InChI=1S/C13H21/c1-3-5-7-9-11-13-12-10-8-6-4-2/h1,3-4,6,8H,2,5,7,9-13H2. The molecule has 0 rings (SSSR count). The van der Waals surface area contributed by atoms with E-state index in [-0.39, 0.29) is 0 Å². The summed E-state index contributed by atoms with van der Waals surface area (Å²) in [4.78, 5) is 0. The lowest BCUT2D eigenvalue weighted by Gasteiger charge is -1.97. The van der Waals surface area contributed by atoms with Gasteiger partial charge in [0.15, 0.2) is 0 Å². The van der Waals surface area contributed by atoms with Crippen LogP contribution in [0.5, 0.6) is 0 Å². The van der Waals surface area contributed by atoms with Gasteiger partial charge in [0.05, 0.1) is 0 Å². The highest BCUT2D eigenvalue weighted by molar-refractivity contribution is 4.96. The smallest absolute Gasteiger partial charge is 0.0348 e. The summed E-state index contributed by atoms with van der Waals surface area (Å²) in [5.74, 6) is 0. The van der Waals surface area contributed by atoms with E-state index in [1.807, 2.05) is 12.2 Å². The van der Waals surface area contributed by atoms with Crippen LogP contribution in [0.3, 0.4) is 0 Å². The Labute approximate surface area is 83.0 Å². The number of hydrogen-bond acceptors (Lipinski definition) is 0. The molecule has 0 aromatic heterocycles. The van der Waals surface area contributed by atoms with E-state index in [4.69, 9.17) is 6.58 Å². The van der Waals surface area contributed by atoms with Gasteiger partial charge < -0.3 is 0 Å². The third kappa shape index (κ3) is 11.2. The fourth-order valence-corrected chi connectivity index (χ4v) is 1.25. The lowest BCUT2D eigenvalue weighted by Crippen LogP contribution is -1.77. The van der Waals surface area contributed by atoms with Gasteiger partial charge in [-0.1, -0.05) is 56.7 Å². The maximum atomic E-state index is 5.28. The van der Waals surface area contributed by atoms with Crippen molar-refractivity contribution < 1.29 is 0 Å². The van der Waals surface area contributed by atoms with Crippen LogP contribution < -0.4 is 0 Å². The highest BCUT2D eigenvalue weighted by atomic mass is 13.9. The maximum Gasteiger partial charge on any atom is -0.0348 e. The number of hydrogen-bond donors (Lipinski definition) is 0. The molecule has 0 aliphatic carbocycles. The summed E-state index contributed by atoms with van der Waals surface area (Å²) >= 11 is 0. The zero-order valence-electron chi connectivity index (χ0n) is 8.54. The van der Waals surface area contributed by atoms with Crippen molar-refractivity contribution in [2.45, 2.75) is 44.9 Å². The first-order valence-corrected chi connectivity index (χ1v) is 5.22. The molecule has 0 nitrogen and oxygen atoms in total. The zero-order chi connectivity index (χ0) is 9.78. The van der Waals surface area contributed by atoms with E-state index >= 15 is 0 Å². The summed E-state index contributed by atoms with van der Waals surface area (Å²) in [6, 6.07) is 0. The van der Waals surface area contributed by atoms with E-state index in [0.717, 1.165) is 6.42 Å². The van der Waals surface area contributed by atoms with E-state index in [2.05, 4.69) is 12.7 Å². The van der Waals surface area contributed by atoms with Gasteiger partial charge in [-0.15, -0.1) is 0 Å². The summed E-state index contributed by atoms with van der Waals surface area (Å²) < 4.78 is 0. The Morgan fingerprint density at radius 3 is 2.15 bits per heavy atom. The minimum absolute atomic E-state index is 1.07. The SMILES string of the molecule is [CH]=CCCCCCCCC=CC=C. The number of allylic oxidation sites excluding steroid dienone is 4. The van der Waals surface area contributed by atoms with Crippen LogP contribution in [-0.2, 0) is 0 Å². The van der Waals surface area contributed by atoms with Gasteiger partial charge in [-0.05, 0) is 25.7 Å². The van der Waals surface area contributed by atoms with Crippen LogP contribution in [0.1, 0.15) is 44.9 Å². The molecule has 0 saturated heterocycles. The van der Waals surface area contributed by atoms with Crippen LogP contribution in [0.15, 0.2) is 30.9 Å². The summed E-state index contributed by atoms with van der Waals surface area (Å²) in [5, 5.41) is 0. The van der Waals surface area contributed by atoms with Crippen molar-refractivity contribution in [3.8, 4) is 0 Å². The minimum Gasteiger partial charge on any atom is -0.0991 e. The Balaban J connectivity index is 2.95. The number of rotatable bonds is 9. The molecule has 0 unspecified atom stereocenters. The molecule has 0 heteroatoms. The molecule has 13 heavy (non-hydrogen) atoms. The summed E-state index contributed by atoms with van der Waals surface area (Å²) in [6.07, 6.45) is 16.6. The molecule has 0 N–H and O–H groups in total. The Morgan fingerprint density at radius 2 is 1.54 bits per heavy atom. The van der Waals surface area contributed by atoms with Crippen molar-refractivity contribution in [2.75, 3.05) is 0 Å². The topological polar surface area (TPSA) is 0 Å². The molecule has 0 fully saturated rings. The molecule has 1 radical (unpaired) electrons. The van der Waals surface area contributed by atoms with Gasteiger partial charge in [0, 0.05) is 0 Å². The number of unbranched alkanes of at least 4 members (excludes halogenated alkanes) is 6. The Kier molecular flexibility index (Phi) is 10.5. The van der Waals surface area contributed by atoms with Gasteiger partial charge in [-0.3, -0.25) is 0 Å². The molecule has 0 bridgehead atoms. The zero-order valence-corrected chi connectivity index (χ0v) is 8.54. The van der Waals surface area contributed by atoms with Gasteiger partial charge in [-0.2, -0.15) is 0 Å². The Bertz CT molecular complexity index is 142. The first kappa shape index (κ1) is 12.2. The molecule has 0 heterocycles. The second-order valence-electron chi connectivity index (χ2n) is 3.24. The molecule has 0 aromatic rings. The fraction of sp³-hybridized carbons (Fsp3) is 0.538. The van der Waals surface area contributed by atoms with Gasteiger partial charge in [-0.25, -0.2) is 0 Å². The summed E-state index contributed by atoms with van der Waals surface area (Å²) in [7, 11) is 0. The van der Waals surface area contributed by atoms with E-state index in [0.29, 0.717) is 0 Å². The van der Waals surface area contributed by atoms with Crippen LogP contribution in [0.4, 0.5) is 0 Å². The van der Waals surface area contributed by atoms with Crippen molar-refractivity contribution in [3.05, 3.63) is 37.5 Å². The molecule has 0 aliphatic rings. The third-order valence-corrected chi connectivity index (χ3v) is 2.01. The van der Waals surface area contributed by atoms with E-state index in [1.54, 1.807) is 6.08 Å². The lowest BCUT2D eigenvalue weighted by molar-refractivity contribution is 0.622. The first-order valence-electron chi connectivity index (χ1n) is 5.22. The molecule has 0 atom stereocenters. The van der Waals surface area contributed by atoms with Crippen molar-refractivity contribution in [1.82, 2.24) is 0 Å². The lowest BCUT2D eigenvalue weighted by atomic mass is 10.1. The van der Waals surface area contributed by atoms with Crippen LogP contribution in [0, 0.1) is 6.58 Å². The molecule has 0 aromatic carbocycles. The molecule has 73 valence electrons. The quantitative estimate of drug-likeness (QED) is 0.360. The van der Waals surface area contributed by atoms with E-state index < -0.39 is 0 Å². The van der Waals surface area contributed by atoms with Crippen molar-refractivity contribution in [3.63, 3.8) is 0 Å². The van der Waals surface area contributed by atoms with E-state index in [1.165, 1.54) is 38.5 Å². The second-order valence-corrected chi connectivity index (χ2v) is 3.24. The average Bonchev–Trinajstić information content (AvgIpc) is 2.16. The predicted octanol–water partition coefficient (Wildman–Crippen LogP) is 4.45. The van der Waals surface area contributed by atoms with Gasteiger partial charge in [0.1, 0.15) is 0 Å². The summed E-state index contributed by atoms with van der Waals surface area (Å²) in [6.45, 7) is 8.91. The Morgan fingerprint density at radius 1 is 0.923 bits per heavy atom. The normalized spacial score (nSPS) is 10.5. The molecule has 0 aliphatic heterocycles. The highest BCUT2D eigenvalue weighted by Crippen LogP contribution is 2.07. The molecule has 0 saturated carbocycles. The van der Waals surface area contributed by atoms with Gasteiger partial charge in [0.25, 0.3) is 0 Å². The first-order chi connectivity index (χ1) is 6.41. The molecular formula is C13H21. The van der Waals surface area contributed by atoms with Gasteiger partial charge >= 0.3 is 0 Å². The van der Waals surface area contributed by atoms with Crippen LogP contribution in [0.2, 0.25) is 0 Å². The van der Waals surface area contributed by atoms with Crippen LogP contribution in [0.25, 0.3) is 0 Å². The monoisotopic (exact) mass is 177 g/mol. The van der Waals surface area contributed by atoms with Crippen LogP contribution >= 0.6 is 0 Å². The molecule has 0 spiro atoms. The molecule has 0 amide bonds. The second kappa shape index (κ2) is 11.2. The Hall–Kier alpha value is -0.780. The average molecular weight is 177 g/mol. The van der Waals surface area contributed by atoms with E-state index in [9.17, 15) is 0 Å². The largest absolute Gasteiger partial charge is 0.0991 e.